The van der Waals surface area contributed by atoms with E-state index in [0.717, 1.165) is 0 Å². The summed E-state index contributed by atoms with van der Waals surface area (Å²) in [6.07, 6.45) is 0. The molecule has 0 fully saturated rings. The van der Waals surface area contributed by atoms with Crippen LogP contribution in [0.4, 0.5) is 0 Å². The van der Waals surface area contributed by atoms with Crippen molar-refractivity contribution in [2.45, 2.75) is 38.5 Å². The Kier molecular flexibility index (Phi) is 13.5. The van der Waals surface area contributed by atoms with Crippen LogP contribution in [0.25, 0.3) is 227 Å². The van der Waals surface area contributed by atoms with E-state index >= 15 is 0 Å². The summed E-state index contributed by atoms with van der Waals surface area (Å²) in [6, 6.07) is 134. The fraction of sp³-hybridized carbons (Fsp3) is 0.0545. The van der Waals surface area contributed by atoms with Crippen LogP contribution in [-0.4, -0.2) is 0 Å². The average Bonchev–Trinajstić information content (AvgIpc) is 1.52. The summed E-state index contributed by atoms with van der Waals surface area (Å²) in [5, 5.41) is 25.5. The largest absolute Gasteiger partial charge is 0.134 e. The molecule has 522 valence electrons. The van der Waals surface area contributed by atoms with Crippen LogP contribution in [0.3, 0.4) is 0 Å². The third-order valence-corrected chi connectivity index (χ3v) is 28.2. The average molecular weight is 1460 g/mol. The lowest BCUT2D eigenvalue weighted by Crippen LogP contribution is -2.16. The highest BCUT2D eigenvalue weighted by Gasteiger charge is 2.42. The van der Waals surface area contributed by atoms with Crippen molar-refractivity contribution >= 4 is 149 Å². The number of thiophene rings is 2. The molecule has 0 saturated carbocycles. The van der Waals surface area contributed by atoms with Gasteiger partial charge in [0.2, 0.25) is 0 Å². The van der Waals surface area contributed by atoms with Gasteiger partial charge in [0.25, 0.3) is 0 Å². The van der Waals surface area contributed by atoms with Crippen LogP contribution < -0.4 is 0 Å². The molecule has 0 N–H and O–H groups in total. The molecule has 2 aromatic heterocycles. The number of fused-ring (bicyclic) bond motifs is 23. The van der Waals surface area contributed by atoms with Crippen molar-refractivity contribution in [2.24, 2.45) is 0 Å². The van der Waals surface area contributed by atoms with Crippen LogP contribution in [0.5, 0.6) is 0 Å². The van der Waals surface area contributed by atoms with Crippen molar-refractivity contribution in [3.05, 3.63) is 374 Å². The molecule has 22 aromatic rings. The zero-order valence-electron chi connectivity index (χ0n) is 62.3. The lowest BCUT2D eigenvalue weighted by Gasteiger charge is -2.26. The van der Waals surface area contributed by atoms with Crippen LogP contribution in [0.15, 0.2) is 352 Å². The summed E-state index contributed by atoms with van der Waals surface area (Å²) in [5.41, 5.74) is 28.0. The normalized spacial score (nSPS) is 13.5. The van der Waals surface area contributed by atoms with E-state index in [0.29, 0.717) is 0 Å². The van der Waals surface area contributed by atoms with E-state index in [2.05, 4.69) is 380 Å². The highest BCUT2D eigenvalue weighted by atomic mass is 32.1. The topological polar surface area (TPSA) is 0 Å². The van der Waals surface area contributed by atoms with Crippen LogP contribution in [0, 0.1) is 0 Å². The number of hydrogen-bond acceptors (Lipinski definition) is 2. The quantitative estimate of drug-likeness (QED) is 0.140. The molecule has 0 amide bonds. The summed E-state index contributed by atoms with van der Waals surface area (Å²) in [5.74, 6) is 0. The maximum absolute atomic E-state index is 2.58. The minimum absolute atomic E-state index is 0.223. The summed E-state index contributed by atoms with van der Waals surface area (Å²) in [6.45, 7) is 9.88. The zero-order chi connectivity index (χ0) is 74.0. The Bertz CT molecular complexity index is 7800. The van der Waals surface area contributed by atoms with E-state index in [1.807, 2.05) is 22.7 Å². The second-order valence-electron chi connectivity index (χ2n) is 32.3. The molecule has 0 radical (unpaired) electrons. The third-order valence-electron chi connectivity index (χ3n) is 25.7. The highest BCUT2D eigenvalue weighted by Crippen LogP contribution is 2.61. The first kappa shape index (κ1) is 63.8. The van der Waals surface area contributed by atoms with E-state index in [1.165, 1.54) is 249 Å². The first-order valence-corrected chi connectivity index (χ1v) is 40.9. The molecule has 2 aliphatic carbocycles. The Morgan fingerprint density at radius 2 is 0.625 bits per heavy atom. The van der Waals surface area contributed by atoms with E-state index < -0.39 is 0 Å². The lowest BCUT2D eigenvalue weighted by molar-refractivity contribution is 0.661. The minimum Gasteiger partial charge on any atom is -0.134 e. The Labute approximate surface area is 657 Å². The van der Waals surface area contributed by atoms with Gasteiger partial charge in [-0.2, -0.15) is 0 Å². The maximum Gasteiger partial charge on any atom is 0.0440 e. The fourth-order valence-electron chi connectivity index (χ4n) is 20.6. The SMILES string of the molecule is CC1(C)c2ccccc2-c2c1cc(-c1ccc3cc(-c4c5ccccc5c(-c5ccccc5)c5ccccc45)ccc3c1)c1sc3cc(-c4ccc5c(c4)C(C)(C)c4c-5cc5c(sc6c7ccccc7ccc56)c4-c4ccc5cc(-c6c7ccccc7c(-c7ccccc7)c7ccccc67)ccc5c4)c4ccccc4c3c21. The first-order chi connectivity index (χ1) is 55.1. The number of rotatable bonds is 7. The lowest BCUT2D eigenvalue weighted by atomic mass is 9.77. The van der Waals surface area contributed by atoms with Crippen molar-refractivity contribution in [1.29, 1.82) is 0 Å². The predicted octanol–water partition coefficient (Wildman–Crippen LogP) is 31.9. The summed E-state index contributed by atoms with van der Waals surface area (Å²) < 4.78 is 5.33. The minimum atomic E-state index is -0.374. The Hall–Kier alpha value is -13.1. The molecular formula is C110H70S2. The van der Waals surface area contributed by atoms with Crippen molar-refractivity contribution in [2.75, 3.05) is 0 Å². The highest BCUT2D eigenvalue weighted by molar-refractivity contribution is 7.27. The molecule has 2 aliphatic rings. The molecular weight excluding hydrogens is 1390 g/mol. The van der Waals surface area contributed by atoms with Gasteiger partial charge in [-0.15, -0.1) is 22.7 Å². The van der Waals surface area contributed by atoms with Crippen molar-refractivity contribution in [3.63, 3.8) is 0 Å². The van der Waals surface area contributed by atoms with E-state index in [-0.39, 0.29) is 10.8 Å². The van der Waals surface area contributed by atoms with Crippen molar-refractivity contribution in [3.8, 4) is 100 Å². The van der Waals surface area contributed by atoms with Crippen LogP contribution in [0.1, 0.15) is 49.9 Å². The molecule has 0 aliphatic heterocycles. The third kappa shape index (κ3) is 9.05. The molecule has 0 atom stereocenters. The van der Waals surface area contributed by atoms with Gasteiger partial charge in [-0.05, 0) is 252 Å². The summed E-state index contributed by atoms with van der Waals surface area (Å²) in [7, 11) is 0. The van der Waals surface area contributed by atoms with E-state index in [9.17, 15) is 0 Å². The smallest absolute Gasteiger partial charge is 0.0440 e. The summed E-state index contributed by atoms with van der Waals surface area (Å²) in [4.78, 5) is 0. The van der Waals surface area contributed by atoms with Gasteiger partial charge >= 0.3 is 0 Å². The molecule has 0 bridgehead atoms. The van der Waals surface area contributed by atoms with Gasteiger partial charge < -0.3 is 0 Å². The van der Waals surface area contributed by atoms with Gasteiger partial charge in [-0.25, -0.2) is 0 Å². The van der Waals surface area contributed by atoms with Crippen LogP contribution in [-0.2, 0) is 10.8 Å². The van der Waals surface area contributed by atoms with Gasteiger partial charge in [-0.1, -0.05) is 331 Å². The standard InChI is InChI=1S/C110H70S2/c1-109(2)93-42-24-23-41-88(93)102-95(109)61-90(70-47-43-67-56-72(48-44-66(67)55-70)99-83-37-19-15-33-79(83)97(64-26-7-5-8-27-64)80-34-16-20-38-84(80)99)107-104(102)103-78-32-14-13-31-76(78)89(62-96(103)111-107)71-52-53-77-91-60-92-87-54-51-63-25-11-12-30-75(63)106(87)112-108(92)101(105(91)110(3,4)94(77)59-71)74-50-46-68-57-73(49-45-69(68)58-74)100-85-39-21-17-35-81(85)98(65-28-9-6-10-29-65)82-36-18-22-40-86(82)100/h5-62H,1-4H3. The predicted molar refractivity (Wildman–Crippen MR) is 485 cm³/mol. The fourth-order valence-corrected chi connectivity index (χ4v) is 23.3. The van der Waals surface area contributed by atoms with Gasteiger partial charge in [0.15, 0.2) is 0 Å². The number of benzene rings is 20. The number of hydrogen-bond donors (Lipinski definition) is 0. The molecule has 20 aromatic carbocycles. The van der Waals surface area contributed by atoms with Gasteiger partial charge in [0.1, 0.15) is 0 Å². The van der Waals surface area contributed by atoms with Crippen molar-refractivity contribution < 1.29 is 0 Å². The maximum atomic E-state index is 2.58. The van der Waals surface area contributed by atoms with E-state index in [4.69, 9.17) is 0 Å². The van der Waals surface area contributed by atoms with Gasteiger partial charge in [0, 0.05) is 56.7 Å². The zero-order valence-corrected chi connectivity index (χ0v) is 63.9. The molecule has 0 spiro atoms. The molecule has 0 nitrogen and oxygen atoms in total. The Balaban J connectivity index is 0.663. The molecule has 0 unspecified atom stereocenters. The molecule has 0 saturated heterocycles. The summed E-state index contributed by atoms with van der Waals surface area (Å²) >= 11 is 3.95. The van der Waals surface area contributed by atoms with Crippen molar-refractivity contribution in [1.82, 2.24) is 0 Å². The second kappa shape index (κ2) is 23.7. The first-order valence-electron chi connectivity index (χ1n) is 39.3. The Morgan fingerprint density at radius 3 is 1.19 bits per heavy atom. The molecule has 24 rings (SSSR count). The van der Waals surface area contributed by atoms with E-state index in [1.54, 1.807) is 0 Å². The van der Waals surface area contributed by atoms with Crippen LogP contribution in [0.2, 0.25) is 0 Å². The van der Waals surface area contributed by atoms with Gasteiger partial charge in [-0.3, -0.25) is 0 Å². The molecule has 2 heterocycles. The second-order valence-corrected chi connectivity index (χ2v) is 34.4. The van der Waals surface area contributed by atoms with Gasteiger partial charge in [0.05, 0.1) is 0 Å². The van der Waals surface area contributed by atoms with Crippen LogP contribution >= 0.6 is 22.7 Å². The molecule has 2 heteroatoms. The Morgan fingerprint density at radius 1 is 0.188 bits per heavy atom. The monoisotopic (exact) mass is 1450 g/mol. The molecule has 112 heavy (non-hydrogen) atoms.